The normalized spacial score (nSPS) is 22.0. The predicted octanol–water partition coefficient (Wildman–Crippen LogP) is 2.71. The van der Waals surface area contributed by atoms with E-state index < -0.39 is 0 Å². The zero-order valence-corrected chi connectivity index (χ0v) is 12.4. The van der Waals surface area contributed by atoms with Gasteiger partial charge in [0.25, 0.3) is 0 Å². The molecule has 1 atom stereocenters. The van der Waals surface area contributed by atoms with E-state index in [1.165, 1.54) is 24.1 Å². The van der Waals surface area contributed by atoms with Crippen LogP contribution < -0.4 is 10.2 Å². The molecule has 3 nitrogen and oxygen atoms in total. The molecular formula is C17H26N2O. The summed E-state index contributed by atoms with van der Waals surface area (Å²) in [6, 6.07) is 9.37. The summed E-state index contributed by atoms with van der Waals surface area (Å²) in [5.41, 5.74) is 2.65. The smallest absolute Gasteiger partial charge is 0.0574 e. The standard InChI is InChI=1S/C17H26N2O/c1-13(18-12-14-2-3-14)15-4-6-16(7-5-15)19-10-8-17(20)9-11-19/h4-7,13-14,17-18,20H,2-3,8-12H2,1H3. The number of anilines is 1. The van der Waals surface area contributed by atoms with E-state index in [0.717, 1.165) is 38.4 Å². The third-order valence-electron chi connectivity index (χ3n) is 4.63. The molecule has 1 saturated carbocycles. The first-order valence-corrected chi connectivity index (χ1v) is 7.99. The van der Waals surface area contributed by atoms with Crippen LogP contribution >= 0.6 is 0 Å². The van der Waals surface area contributed by atoms with Crippen molar-refractivity contribution in [3.05, 3.63) is 29.8 Å². The van der Waals surface area contributed by atoms with Gasteiger partial charge in [-0.1, -0.05) is 12.1 Å². The summed E-state index contributed by atoms with van der Waals surface area (Å²) in [5, 5.41) is 13.2. The lowest BCUT2D eigenvalue weighted by Gasteiger charge is -2.31. The molecule has 3 heteroatoms. The van der Waals surface area contributed by atoms with Crippen molar-refractivity contribution in [1.29, 1.82) is 0 Å². The number of aliphatic hydroxyl groups is 1. The molecule has 1 aliphatic heterocycles. The molecule has 110 valence electrons. The third kappa shape index (κ3) is 3.53. The minimum absolute atomic E-state index is 0.0998. The Morgan fingerprint density at radius 3 is 2.40 bits per heavy atom. The van der Waals surface area contributed by atoms with Gasteiger partial charge < -0.3 is 15.3 Å². The molecule has 0 aromatic heterocycles. The molecule has 1 heterocycles. The highest BCUT2D eigenvalue weighted by atomic mass is 16.3. The van der Waals surface area contributed by atoms with Gasteiger partial charge in [0.05, 0.1) is 6.10 Å². The molecule has 2 aliphatic rings. The van der Waals surface area contributed by atoms with Crippen molar-refractivity contribution in [1.82, 2.24) is 5.32 Å². The molecule has 2 N–H and O–H groups in total. The van der Waals surface area contributed by atoms with Gasteiger partial charge in [-0.25, -0.2) is 0 Å². The van der Waals surface area contributed by atoms with Crippen LogP contribution in [0.4, 0.5) is 5.69 Å². The Hall–Kier alpha value is -1.06. The maximum absolute atomic E-state index is 9.56. The highest BCUT2D eigenvalue weighted by Gasteiger charge is 2.21. The van der Waals surface area contributed by atoms with Gasteiger partial charge >= 0.3 is 0 Å². The Morgan fingerprint density at radius 1 is 1.15 bits per heavy atom. The second-order valence-corrected chi connectivity index (χ2v) is 6.38. The Morgan fingerprint density at radius 2 is 1.80 bits per heavy atom. The first kappa shape index (κ1) is 13.9. The van der Waals surface area contributed by atoms with Gasteiger partial charge in [-0.05, 0) is 62.8 Å². The van der Waals surface area contributed by atoms with Crippen LogP contribution in [-0.4, -0.2) is 30.8 Å². The fraction of sp³-hybridized carbons (Fsp3) is 0.647. The molecular weight excluding hydrogens is 248 g/mol. The molecule has 1 saturated heterocycles. The van der Waals surface area contributed by atoms with Crippen molar-refractivity contribution < 1.29 is 5.11 Å². The van der Waals surface area contributed by atoms with Crippen molar-refractivity contribution in [2.45, 2.75) is 44.8 Å². The summed E-state index contributed by atoms with van der Waals surface area (Å²) in [7, 11) is 0. The van der Waals surface area contributed by atoms with E-state index in [1.54, 1.807) is 0 Å². The van der Waals surface area contributed by atoms with Crippen molar-refractivity contribution in [2.24, 2.45) is 5.92 Å². The first-order chi connectivity index (χ1) is 9.72. The van der Waals surface area contributed by atoms with Gasteiger partial charge in [0.15, 0.2) is 0 Å². The summed E-state index contributed by atoms with van der Waals surface area (Å²) < 4.78 is 0. The van der Waals surface area contributed by atoms with Crippen LogP contribution in [0, 0.1) is 5.92 Å². The Labute approximate surface area is 122 Å². The first-order valence-electron chi connectivity index (χ1n) is 7.99. The van der Waals surface area contributed by atoms with E-state index in [0.29, 0.717) is 6.04 Å². The zero-order valence-electron chi connectivity index (χ0n) is 12.4. The number of nitrogens with one attached hydrogen (secondary N) is 1. The van der Waals surface area contributed by atoms with Gasteiger partial charge in [0.1, 0.15) is 0 Å². The lowest BCUT2D eigenvalue weighted by molar-refractivity contribution is 0.145. The summed E-state index contributed by atoms with van der Waals surface area (Å²) in [5.74, 6) is 0.927. The molecule has 1 aliphatic carbocycles. The lowest BCUT2D eigenvalue weighted by atomic mass is 10.0. The molecule has 2 fully saturated rings. The van der Waals surface area contributed by atoms with Gasteiger partial charge in [-0.15, -0.1) is 0 Å². The molecule has 1 aromatic rings. The maximum Gasteiger partial charge on any atom is 0.0574 e. The van der Waals surface area contributed by atoms with E-state index in [2.05, 4.69) is 41.4 Å². The summed E-state index contributed by atoms with van der Waals surface area (Å²) in [6.45, 7) is 5.34. The Kier molecular flexibility index (Phi) is 4.27. The second-order valence-electron chi connectivity index (χ2n) is 6.38. The van der Waals surface area contributed by atoms with Gasteiger partial charge in [-0.3, -0.25) is 0 Å². The monoisotopic (exact) mass is 274 g/mol. The minimum atomic E-state index is -0.0998. The van der Waals surface area contributed by atoms with Crippen LogP contribution in [0.2, 0.25) is 0 Å². The molecule has 3 rings (SSSR count). The van der Waals surface area contributed by atoms with Crippen LogP contribution in [0.3, 0.4) is 0 Å². The lowest BCUT2D eigenvalue weighted by Crippen LogP contribution is -2.35. The van der Waals surface area contributed by atoms with E-state index in [4.69, 9.17) is 0 Å². The topological polar surface area (TPSA) is 35.5 Å². The number of aliphatic hydroxyl groups excluding tert-OH is 1. The number of benzene rings is 1. The van der Waals surface area contributed by atoms with Gasteiger partial charge in [-0.2, -0.15) is 0 Å². The number of hydrogen-bond donors (Lipinski definition) is 2. The fourth-order valence-corrected chi connectivity index (χ4v) is 2.88. The van der Waals surface area contributed by atoms with Crippen molar-refractivity contribution in [2.75, 3.05) is 24.5 Å². The third-order valence-corrected chi connectivity index (χ3v) is 4.63. The summed E-state index contributed by atoms with van der Waals surface area (Å²) in [4.78, 5) is 2.37. The fourth-order valence-electron chi connectivity index (χ4n) is 2.88. The number of hydrogen-bond acceptors (Lipinski definition) is 3. The molecule has 1 unspecified atom stereocenters. The zero-order chi connectivity index (χ0) is 13.9. The highest BCUT2D eigenvalue weighted by Crippen LogP contribution is 2.29. The van der Waals surface area contributed by atoms with Gasteiger partial charge in [0, 0.05) is 24.8 Å². The van der Waals surface area contributed by atoms with Crippen LogP contribution in [-0.2, 0) is 0 Å². The average molecular weight is 274 g/mol. The van der Waals surface area contributed by atoms with Crippen molar-refractivity contribution in [3.8, 4) is 0 Å². The minimum Gasteiger partial charge on any atom is -0.393 e. The van der Waals surface area contributed by atoms with Crippen molar-refractivity contribution >= 4 is 5.69 Å². The number of rotatable bonds is 5. The average Bonchev–Trinajstić information content (AvgIpc) is 3.30. The van der Waals surface area contributed by atoms with E-state index in [9.17, 15) is 5.11 Å². The molecule has 0 radical (unpaired) electrons. The summed E-state index contributed by atoms with van der Waals surface area (Å²) in [6.07, 6.45) is 4.48. The quantitative estimate of drug-likeness (QED) is 0.866. The second kappa shape index (κ2) is 6.15. The molecule has 0 spiro atoms. The number of piperidine rings is 1. The highest BCUT2D eigenvalue weighted by molar-refractivity contribution is 5.48. The largest absolute Gasteiger partial charge is 0.393 e. The molecule has 20 heavy (non-hydrogen) atoms. The van der Waals surface area contributed by atoms with Crippen LogP contribution in [0.15, 0.2) is 24.3 Å². The van der Waals surface area contributed by atoms with Crippen molar-refractivity contribution in [3.63, 3.8) is 0 Å². The van der Waals surface area contributed by atoms with Crippen LogP contribution in [0.25, 0.3) is 0 Å². The van der Waals surface area contributed by atoms with Crippen LogP contribution in [0.5, 0.6) is 0 Å². The summed E-state index contributed by atoms with van der Waals surface area (Å²) >= 11 is 0. The molecule has 0 bridgehead atoms. The molecule has 0 amide bonds. The number of nitrogens with zero attached hydrogens (tertiary/aromatic N) is 1. The van der Waals surface area contributed by atoms with Crippen LogP contribution in [0.1, 0.15) is 44.2 Å². The van der Waals surface area contributed by atoms with E-state index in [1.807, 2.05) is 0 Å². The SMILES string of the molecule is CC(NCC1CC1)c1ccc(N2CCC(O)CC2)cc1. The van der Waals surface area contributed by atoms with E-state index in [-0.39, 0.29) is 6.10 Å². The Bertz CT molecular complexity index is 419. The Balaban J connectivity index is 1.55. The maximum atomic E-state index is 9.56. The van der Waals surface area contributed by atoms with Gasteiger partial charge in [0.2, 0.25) is 0 Å². The predicted molar refractivity (Wildman–Crippen MR) is 83.0 cm³/mol. The van der Waals surface area contributed by atoms with E-state index >= 15 is 0 Å². The molecule has 1 aromatic carbocycles.